The van der Waals surface area contributed by atoms with Crippen molar-refractivity contribution >= 4 is 45.0 Å². The van der Waals surface area contributed by atoms with Crippen LogP contribution in [0.2, 0.25) is 0 Å². The SMILES string of the molecule is CCOC(=O)Cn1c(=NC(=O)Cc2ccccc2)sc2cc(NC(C)=O)ccc21. The Labute approximate surface area is 171 Å². The van der Waals surface area contributed by atoms with E-state index in [-0.39, 0.29) is 31.4 Å². The molecule has 0 bridgehead atoms. The maximum Gasteiger partial charge on any atom is 0.326 e. The molecule has 7 nitrogen and oxygen atoms in total. The van der Waals surface area contributed by atoms with Crippen LogP contribution >= 0.6 is 11.3 Å². The van der Waals surface area contributed by atoms with Gasteiger partial charge >= 0.3 is 5.97 Å². The topological polar surface area (TPSA) is 89.8 Å². The van der Waals surface area contributed by atoms with Crippen molar-refractivity contribution < 1.29 is 19.1 Å². The van der Waals surface area contributed by atoms with Gasteiger partial charge in [0.2, 0.25) is 5.91 Å². The van der Waals surface area contributed by atoms with Gasteiger partial charge in [-0.05, 0) is 30.7 Å². The molecule has 150 valence electrons. The lowest BCUT2D eigenvalue weighted by molar-refractivity contribution is -0.143. The predicted octanol–water partition coefficient (Wildman–Crippen LogP) is 2.89. The Morgan fingerprint density at radius 1 is 1.14 bits per heavy atom. The number of benzene rings is 2. The van der Waals surface area contributed by atoms with Crippen molar-refractivity contribution in [1.29, 1.82) is 0 Å². The smallest absolute Gasteiger partial charge is 0.326 e. The van der Waals surface area contributed by atoms with Crippen molar-refractivity contribution in [1.82, 2.24) is 4.57 Å². The van der Waals surface area contributed by atoms with E-state index in [9.17, 15) is 14.4 Å². The van der Waals surface area contributed by atoms with Crippen molar-refractivity contribution in [3.63, 3.8) is 0 Å². The summed E-state index contributed by atoms with van der Waals surface area (Å²) in [5.74, 6) is -0.888. The number of fused-ring (bicyclic) bond motifs is 1. The molecule has 0 radical (unpaired) electrons. The van der Waals surface area contributed by atoms with Crippen LogP contribution in [0.25, 0.3) is 10.2 Å². The maximum absolute atomic E-state index is 12.5. The average molecular weight is 411 g/mol. The Kier molecular flexibility index (Phi) is 6.56. The van der Waals surface area contributed by atoms with E-state index in [1.807, 2.05) is 30.3 Å². The summed E-state index contributed by atoms with van der Waals surface area (Å²) in [5, 5.41) is 2.73. The molecule has 29 heavy (non-hydrogen) atoms. The maximum atomic E-state index is 12.5. The minimum Gasteiger partial charge on any atom is -0.465 e. The minimum absolute atomic E-state index is 0.0508. The number of ether oxygens (including phenoxy) is 1. The highest BCUT2D eigenvalue weighted by Gasteiger charge is 2.13. The molecule has 0 aliphatic rings. The lowest BCUT2D eigenvalue weighted by Gasteiger charge is -2.06. The molecule has 8 heteroatoms. The summed E-state index contributed by atoms with van der Waals surface area (Å²) in [6, 6.07) is 14.7. The van der Waals surface area contributed by atoms with Crippen LogP contribution in [-0.4, -0.2) is 29.0 Å². The van der Waals surface area contributed by atoms with Gasteiger partial charge in [-0.25, -0.2) is 0 Å². The molecule has 0 aliphatic carbocycles. The number of thiazole rings is 1. The largest absolute Gasteiger partial charge is 0.465 e. The number of hydrogen-bond acceptors (Lipinski definition) is 5. The van der Waals surface area contributed by atoms with Gasteiger partial charge in [0, 0.05) is 12.6 Å². The number of anilines is 1. The highest BCUT2D eigenvalue weighted by molar-refractivity contribution is 7.16. The number of esters is 1. The van der Waals surface area contributed by atoms with Gasteiger partial charge in [0.1, 0.15) is 6.54 Å². The molecular weight excluding hydrogens is 390 g/mol. The van der Waals surface area contributed by atoms with Crippen molar-refractivity contribution in [2.45, 2.75) is 26.8 Å². The van der Waals surface area contributed by atoms with E-state index < -0.39 is 5.97 Å². The second kappa shape index (κ2) is 9.29. The number of hydrogen-bond donors (Lipinski definition) is 1. The normalized spacial score (nSPS) is 11.4. The molecule has 3 rings (SSSR count). The van der Waals surface area contributed by atoms with Crippen LogP contribution in [-0.2, 0) is 32.1 Å². The Bertz CT molecular complexity index is 1120. The molecule has 0 fully saturated rings. The van der Waals surface area contributed by atoms with E-state index >= 15 is 0 Å². The molecule has 3 aromatic rings. The molecular formula is C21H21N3O4S. The third-order valence-electron chi connectivity index (χ3n) is 4.01. The van der Waals surface area contributed by atoms with Crippen LogP contribution in [0.15, 0.2) is 53.5 Å². The first-order valence-electron chi connectivity index (χ1n) is 9.14. The van der Waals surface area contributed by atoms with Crippen molar-refractivity contribution in [2.75, 3.05) is 11.9 Å². The van der Waals surface area contributed by atoms with Crippen LogP contribution in [0, 0.1) is 0 Å². The monoisotopic (exact) mass is 411 g/mol. The number of rotatable bonds is 6. The van der Waals surface area contributed by atoms with Gasteiger partial charge in [-0.1, -0.05) is 41.7 Å². The van der Waals surface area contributed by atoms with Crippen molar-refractivity contribution in [3.8, 4) is 0 Å². The fraction of sp³-hybridized carbons (Fsp3) is 0.238. The zero-order valence-corrected chi connectivity index (χ0v) is 17.0. The van der Waals surface area contributed by atoms with Crippen LogP contribution in [0.3, 0.4) is 0 Å². The molecule has 1 heterocycles. The average Bonchev–Trinajstić information content (AvgIpc) is 2.98. The quantitative estimate of drug-likeness (QED) is 0.632. The Balaban J connectivity index is 2.01. The third-order valence-corrected chi connectivity index (χ3v) is 5.06. The lowest BCUT2D eigenvalue weighted by Crippen LogP contribution is -2.23. The Morgan fingerprint density at radius 3 is 2.59 bits per heavy atom. The van der Waals surface area contributed by atoms with Crippen molar-refractivity contribution in [2.24, 2.45) is 4.99 Å². The molecule has 1 N–H and O–H groups in total. The van der Waals surface area contributed by atoms with E-state index in [2.05, 4.69) is 10.3 Å². The fourth-order valence-corrected chi connectivity index (χ4v) is 3.93. The second-order valence-electron chi connectivity index (χ2n) is 6.31. The summed E-state index contributed by atoms with van der Waals surface area (Å²) in [6.45, 7) is 3.39. The van der Waals surface area contributed by atoms with E-state index in [0.717, 1.165) is 15.8 Å². The number of amides is 2. The number of carbonyl (C=O) groups is 3. The van der Waals surface area contributed by atoms with Crippen LogP contribution in [0.4, 0.5) is 5.69 Å². The molecule has 2 aromatic carbocycles. The highest BCUT2D eigenvalue weighted by Crippen LogP contribution is 2.22. The van der Waals surface area contributed by atoms with E-state index in [1.165, 1.54) is 18.3 Å². The molecule has 0 unspecified atom stereocenters. The molecule has 0 atom stereocenters. The van der Waals surface area contributed by atoms with Crippen LogP contribution in [0.5, 0.6) is 0 Å². The zero-order valence-electron chi connectivity index (χ0n) is 16.2. The van der Waals surface area contributed by atoms with Crippen molar-refractivity contribution in [3.05, 3.63) is 58.9 Å². The van der Waals surface area contributed by atoms with Gasteiger partial charge in [0.15, 0.2) is 4.80 Å². The van der Waals surface area contributed by atoms with Gasteiger partial charge in [-0.3, -0.25) is 14.4 Å². The molecule has 0 aliphatic heterocycles. The summed E-state index contributed by atoms with van der Waals surface area (Å²) in [4.78, 5) is 40.5. The second-order valence-corrected chi connectivity index (χ2v) is 7.32. The first-order valence-corrected chi connectivity index (χ1v) is 9.96. The van der Waals surface area contributed by atoms with Gasteiger partial charge in [-0.2, -0.15) is 4.99 Å². The summed E-state index contributed by atoms with van der Waals surface area (Å²) in [7, 11) is 0. The molecule has 0 saturated heterocycles. The fourth-order valence-electron chi connectivity index (χ4n) is 2.84. The van der Waals surface area contributed by atoms with Gasteiger partial charge in [0.05, 0.1) is 23.2 Å². The lowest BCUT2D eigenvalue weighted by atomic mass is 10.1. The summed E-state index contributed by atoms with van der Waals surface area (Å²) in [6.07, 6.45) is 0.172. The summed E-state index contributed by atoms with van der Waals surface area (Å²) >= 11 is 1.28. The predicted molar refractivity (Wildman–Crippen MR) is 111 cm³/mol. The summed E-state index contributed by atoms with van der Waals surface area (Å²) < 4.78 is 7.52. The zero-order chi connectivity index (χ0) is 20.8. The highest BCUT2D eigenvalue weighted by atomic mass is 32.1. The molecule has 1 aromatic heterocycles. The standard InChI is InChI=1S/C21H21N3O4S/c1-3-28-20(27)13-24-17-10-9-16(22-14(2)25)12-18(17)29-21(24)23-19(26)11-15-7-5-4-6-8-15/h4-10,12H,3,11,13H2,1-2H3,(H,22,25). The Hall–Kier alpha value is -3.26. The first kappa shape index (κ1) is 20.5. The summed E-state index contributed by atoms with van der Waals surface area (Å²) in [5.41, 5.74) is 2.24. The number of nitrogens with one attached hydrogen (secondary N) is 1. The molecule has 2 amide bonds. The number of carbonyl (C=O) groups excluding carboxylic acids is 3. The van der Waals surface area contributed by atoms with Gasteiger partial charge < -0.3 is 14.6 Å². The number of nitrogens with zero attached hydrogens (tertiary/aromatic N) is 2. The van der Waals surface area contributed by atoms with Gasteiger partial charge in [0.25, 0.3) is 5.91 Å². The van der Waals surface area contributed by atoms with Crippen LogP contribution in [0.1, 0.15) is 19.4 Å². The third kappa shape index (κ3) is 5.39. The minimum atomic E-state index is -0.407. The first-order chi connectivity index (χ1) is 14.0. The molecule has 0 saturated carbocycles. The van der Waals surface area contributed by atoms with E-state index in [1.54, 1.807) is 29.7 Å². The van der Waals surface area contributed by atoms with Crippen LogP contribution < -0.4 is 10.1 Å². The van der Waals surface area contributed by atoms with E-state index in [0.29, 0.717) is 10.5 Å². The number of aromatic nitrogens is 1. The Morgan fingerprint density at radius 2 is 1.90 bits per heavy atom. The van der Waals surface area contributed by atoms with Gasteiger partial charge in [-0.15, -0.1) is 0 Å². The molecule has 0 spiro atoms. The van der Waals surface area contributed by atoms with E-state index in [4.69, 9.17) is 4.74 Å².